The smallest absolute Gasteiger partial charge is 0.242 e. The lowest BCUT2D eigenvalue weighted by atomic mass is 9.78. The van der Waals surface area contributed by atoms with Gasteiger partial charge >= 0.3 is 0 Å². The third-order valence-corrected chi connectivity index (χ3v) is 4.76. The zero-order chi connectivity index (χ0) is 14.0. The lowest BCUT2D eigenvalue weighted by molar-refractivity contribution is -0.143. The number of hydrogen-bond donors (Lipinski definition) is 1. The zero-order valence-corrected chi connectivity index (χ0v) is 12.3. The molecule has 1 aliphatic heterocycles. The van der Waals surface area contributed by atoms with Gasteiger partial charge in [0.25, 0.3) is 0 Å². The average Bonchev–Trinajstić information content (AvgIpc) is 2.47. The van der Waals surface area contributed by atoms with Gasteiger partial charge in [0, 0.05) is 19.6 Å². The number of hydrogen-bond acceptors (Lipinski definition) is 2. The molecule has 2 fully saturated rings. The summed E-state index contributed by atoms with van der Waals surface area (Å²) >= 11 is 0. The molecule has 0 bridgehead atoms. The van der Waals surface area contributed by atoms with Crippen molar-refractivity contribution in [1.29, 1.82) is 0 Å². The van der Waals surface area contributed by atoms with Crippen LogP contribution in [0.5, 0.6) is 0 Å². The van der Waals surface area contributed by atoms with Gasteiger partial charge in [-0.15, -0.1) is 0 Å². The van der Waals surface area contributed by atoms with E-state index < -0.39 is 0 Å². The monoisotopic (exact) mass is 272 g/mol. The molecule has 2 aliphatic rings. The lowest BCUT2D eigenvalue weighted by Crippen LogP contribution is -2.68. The van der Waals surface area contributed by atoms with Crippen LogP contribution in [0.2, 0.25) is 0 Å². The predicted octanol–water partition coefficient (Wildman–Crippen LogP) is 2.36. The minimum Gasteiger partial charge on any atom is -0.343 e. The molecular weight excluding hydrogens is 248 g/mol. The molecule has 0 unspecified atom stereocenters. The number of amides is 1. The van der Waals surface area contributed by atoms with Gasteiger partial charge in [-0.3, -0.25) is 10.1 Å². The fraction of sp³-hybridized carbons (Fsp3) is 0.588. The van der Waals surface area contributed by atoms with Gasteiger partial charge in [-0.1, -0.05) is 49.6 Å². The first-order chi connectivity index (χ1) is 9.70. The topological polar surface area (TPSA) is 32.3 Å². The molecule has 108 valence electrons. The number of carbonyl (C=O) groups excluding carboxylic acids is 1. The van der Waals surface area contributed by atoms with E-state index in [0.29, 0.717) is 11.9 Å². The van der Waals surface area contributed by atoms with Crippen LogP contribution in [-0.2, 0) is 11.2 Å². The normalized spacial score (nSPS) is 25.9. The Hall–Kier alpha value is -1.35. The molecule has 1 aromatic carbocycles. The largest absolute Gasteiger partial charge is 0.343 e. The van der Waals surface area contributed by atoms with Gasteiger partial charge in [0.15, 0.2) is 0 Å². The summed E-state index contributed by atoms with van der Waals surface area (Å²) in [5.41, 5.74) is 1.07. The Morgan fingerprint density at radius 1 is 1.20 bits per heavy atom. The molecule has 1 heterocycles. The van der Waals surface area contributed by atoms with Gasteiger partial charge in [-0.25, -0.2) is 0 Å². The van der Waals surface area contributed by atoms with Gasteiger partial charge in [-0.2, -0.15) is 0 Å². The molecule has 3 rings (SSSR count). The van der Waals surface area contributed by atoms with E-state index >= 15 is 0 Å². The van der Waals surface area contributed by atoms with Gasteiger partial charge in [0.1, 0.15) is 0 Å². The third-order valence-electron chi connectivity index (χ3n) is 4.76. The summed E-state index contributed by atoms with van der Waals surface area (Å²) in [7, 11) is 1.96. The standard InChI is InChI=1S/C17H24N2O/c1-19-13-15(12-14-8-4-2-5-9-14)18-17(16(19)20)10-6-3-7-11-17/h2,4-5,8-9,15,18H,3,6-7,10-13H2,1H3/t15-/m0/s1. The Morgan fingerprint density at radius 3 is 2.60 bits per heavy atom. The molecule has 1 N–H and O–H groups in total. The minimum absolute atomic E-state index is 0.273. The Balaban J connectivity index is 1.75. The molecule has 3 heteroatoms. The Labute approximate surface area is 121 Å². The summed E-state index contributed by atoms with van der Waals surface area (Å²) in [6.45, 7) is 0.815. The lowest BCUT2D eigenvalue weighted by Gasteiger charge is -2.47. The molecule has 0 radical (unpaired) electrons. The van der Waals surface area contributed by atoms with E-state index in [1.165, 1.54) is 24.8 Å². The number of rotatable bonds is 2. The molecule has 1 spiro atoms. The van der Waals surface area contributed by atoms with Gasteiger partial charge in [-0.05, 0) is 24.8 Å². The van der Waals surface area contributed by atoms with Crippen LogP contribution < -0.4 is 5.32 Å². The number of benzene rings is 1. The first-order valence-corrected chi connectivity index (χ1v) is 7.77. The summed E-state index contributed by atoms with van der Waals surface area (Å²) in [5, 5.41) is 3.71. The van der Waals surface area contributed by atoms with Crippen LogP contribution in [0.3, 0.4) is 0 Å². The Morgan fingerprint density at radius 2 is 1.90 bits per heavy atom. The average molecular weight is 272 g/mol. The number of piperazine rings is 1. The summed E-state index contributed by atoms with van der Waals surface area (Å²) in [6, 6.07) is 10.9. The summed E-state index contributed by atoms with van der Waals surface area (Å²) in [5.74, 6) is 0.307. The van der Waals surface area contributed by atoms with E-state index in [0.717, 1.165) is 25.8 Å². The zero-order valence-electron chi connectivity index (χ0n) is 12.3. The van der Waals surface area contributed by atoms with Gasteiger partial charge in [0.2, 0.25) is 5.91 Å². The number of nitrogens with one attached hydrogen (secondary N) is 1. The highest BCUT2D eigenvalue weighted by Gasteiger charge is 2.45. The van der Waals surface area contributed by atoms with Crippen LogP contribution in [0, 0.1) is 0 Å². The molecule has 1 aliphatic carbocycles. The predicted molar refractivity (Wildman–Crippen MR) is 80.5 cm³/mol. The van der Waals surface area contributed by atoms with Gasteiger partial charge in [0.05, 0.1) is 5.54 Å². The molecule has 1 saturated carbocycles. The van der Waals surface area contributed by atoms with Crippen molar-refractivity contribution in [2.24, 2.45) is 0 Å². The molecule has 3 nitrogen and oxygen atoms in total. The van der Waals surface area contributed by atoms with Crippen LogP contribution in [0.1, 0.15) is 37.7 Å². The van der Waals surface area contributed by atoms with Crippen molar-refractivity contribution in [3.8, 4) is 0 Å². The fourth-order valence-corrected chi connectivity index (χ4v) is 3.80. The van der Waals surface area contributed by atoms with Crippen molar-refractivity contribution >= 4 is 5.91 Å². The highest BCUT2D eigenvalue weighted by molar-refractivity contribution is 5.87. The Kier molecular flexibility index (Phi) is 3.79. The van der Waals surface area contributed by atoms with E-state index in [1.807, 2.05) is 11.9 Å². The van der Waals surface area contributed by atoms with Crippen LogP contribution >= 0.6 is 0 Å². The number of nitrogens with zero attached hydrogens (tertiary/aromatic N) is 1. The van der Waals surface area contributed by atoms with Crippen molar-refractivity contribution < 1.29 is 4.79 Å². The number of carbonyl (C=O) groups is 1. The first kappa shape index (κ1) is 13.6. The van der Waals surface area contributed by atoms with Crippen LogP contribution in [0.25, 0.3) is 0 Å². The summed E-state index contributed by atoms with van der Waals surface area (Å²) in [6.07, 6.45) is 6.61. The molecule has 1 atom stereocenters. The van der Waals surface area contributed by atoms with Crippen molar-refractivity contribution in [1.82, 2.24) is 10.2 Å². The SMILES string of the molecule is CN1C[C@H](Cc2ccccc2)NC2(CCCCC2)C1=O. The van der Waals surface area contributed by atoms with E-state index in [1.54, 1.807) is 0 Å². The van der Waals surface area contributed by atoms with E-state index in [4.69, 9.17) is 0 Å². The second-order valence-corrected chi connectivity index (χ2v) is 6.36. The van der Waals surface area contributed by atoms with Crippen molar-refractivity contribution in [3.05, 3.63) is 35.9 Å². The molecule has 1 saturated heterocycles. The molecule has 20 heavy (non-hydrogen) atoms. The molecular formula is C17H24N2O. The summed E-state index contributed by atoms with van der Waals surface area (Å²) in [4.78, 5) is 14.5. The fourth-order valence-electron chi connectivity index (χ4n) is 3.80. The van der Waals surface area contributed by atoms with E-state index in [2.05, 4.69) is 35.6 Å². The molecule has 0 aromatic heterocycles. The van der Waals surface area contributed by atoms with Gasteiger partial charge < -0.3 is 4.90 Å². The van der Waals surface area contributed by atoms with E-state index in [9.17, 15) is 4.79 Å². The maximum absolute atomic E-state index is 12.6. The second-order valence-electron chi connectivity index (χ2n) is 6.36. The third kappa shape index (κ3) is 2.59. The second kappa shape index (κ2) is 5.57. The van der Waals surface area contributed by atoms with Crippen molar-refractivity contribution in [2.75, 3.05) is 13.6 Å². The van der Waals surface area contributed by atoms with Crippen LogP contribution in [0.4, 0.5) is 0 Å². The first-order valence-electron chi connectivity index (χ1n) is 7.77. The van der Waals surface area contributed by atoms with Crippen LogP contribution in [-0.4, -0.2) is 36.0 Å². The maximum atomic E-state index is 12.6. The highest BCUT2D eigenvalue weighted by Crippen LogP contribution is 2.32. The van der Waals surface area contributed by atoms with Crippen LogP contribution in [0.15, 0.2) is 30.3 Å². The Bertz CT molecular complexity index is 465. The summed E-state index contributed by atoms with van der Waals surface area (Å²) < 4.78 is 0. The van der Waals surface area contributed by atoms with Crippen molar-refractivity contribution in [2.45, 2.75) is 50.1 Å². The van der Waals surface area contributed by atoms with E-state index in [-0.39, 0.29) is 5.54 Å². The highest BCUT2D eigenvalue weighted by atomic mass is 16.2. The van der Waals surface area contributed by atoms with Crippen molar-refractivity contribution in [3.63, 3.8) is 0 Å². The quantitative estimate of drug-likeness (QED) is 0.896. The maximum Gasteiger partial charge on any atom is 0.242 e. The minimum atomic E-state index is -0.273. The number of likely N-dealkylation sites (N-methyl/N-ethyl adjacent to an activating group) is 1. The molecule has 1 aromatic rings. The molecule has 1 amide bonds.